The number of allylic oxidation sites excluding steroid dienone is 1. The number of likely N-dealkylation sites (tertiary alicyclic amines) is 1. The second-order valence-electron chi connectivity index (χ2n) is 10.4. The van der Waals surface area contributed by atoms with Crippen LogP contribution in [-0.4, -0.2) is 47.6 Å². The number of rotatable bonds is 5. The summed E-state index contributed by atoms with van der Waals surface area (Å²) in [6.45, 7) is 2.18. The average molecular weight is 492 g/mol. The third-order valence-corrected chi connectivity index (χ3v) is 8.40. The van der Waals surface area contributed by atoms with Crippen LogP contribution >= 0.6 is 0 Å². The molecule has 6 nitrogen and oxygen atoms in total. The van der Waals surface area contributed by atoms with Crippen LogP contribution in [0.1, 0.15) is 44.7 Å². The Kier molecular flexibility index (Phi) is 7.08. The molecule has 6 atom stereocenters. The van der Waals surface area contributed by atoms with Gasteiger partial charge in [-0.15, -0.1) is 0 Å². The van der Waals surface area contributed by atoms with Crippen molar-refractivity contribution < 1.29 is 18.7 Å². The highest BCUT2D eigenvalue weighted by atomic mass is 19.1. The van der Waals surface area contributed by atoms with E-state index in [9.17, 15) is 14.0 Å². The largest absolute Gasteiger partial charge is 0.450 e. The van der Waals surface area contributed by atoms with E-state index >= 15 is 0 Å². The summed E-state index contributed by atoms with van der Waals surface area (Å²) in [5.41, 5.74) is 2.53. The number of carbonyl (C=O) groups is 2. The minimum absolute atomic E-state index is 0.117. The van der Waals surface area contributed by atoms with E-state index in [1.165, 1.54) is 12.1 Å². The standard InChI is InChI=1S/C29H34FN3O3/c1-3-36-29(35)32-23-10-11-24-20(14-23)15-27-26(16-28(34)33(27)2)25(24)12-9-22-8-7-19(17-31-22)18-5-4-6-21(30)13-18/h4-9,12-13,17,20,23-27H,3,10-11,14-16H2,1-2H3,(H,32,35)/t20-,23+,24+,25-,26-,27+/m0/s1. The van der Waals surface area contributed by atoms with E-state index in [0.29, 0.717) is 30.8 Å². The Labute approximate surface area is 211 Å². The Balaban J connectivity index is 1.33. The van der Waals surface area contributed by atoms with Crippen molar-refractivity contribution >= 4 is 18.1 Å². The van der Waals surface area contributed by atoms with Crippen LogP contribution in [-0.2, 0) is 9.53 Å². The van der Waals surface area contributed by atoms with Gasteiger partial charge in [0.2, 0.25) is 5.91 Å². The van der Waals surface area contributed by atoms with Gasteiger partial charge in [-0.1, -0.05) is 24.3 Å². The molecule has 1 aliphatic heterocycles. The first-order valence-corrected chi connectivity index (χ1v) is 13.0. The Morgan fingerprint density at radius 2 is 2.06 bits per heavy atom. The molecular weight excluding hydrogens is 457 g/mol. The van der Waals surface area contributed by atoms with E-state index in [2.05, 4.69) is 22.5 Å². The summed E-state index contributed by atoms with van der Waals surface area (Å²) >= 11 is 0. The SMILES string of the molecule is CCOC(=O)N[C@@H]1CC[C@@H]2[C@@H](C1)C[C@@H]1[C@@H](CC(=O)N1C)[C@H]2C=Cc1ccc(-c2cccc(F)c2)cn1. The number of benzene rings is 1. The topological polar surface area (TPSA) is 71.5 Å². The Morgan fingerprint density at radius 1 is 1.19 bits per heavy atom. The van der Waals surface area contributed by atoms with Gasteiger partial charge in [-0.05, 0) is 86.1 Å². The number of hydrogen-bond donors (Lipinski definition) is 1. The second kappa shape index (κ2) is 10.4. The highest BCUT2D eigenvalue weighted by Gasteiger charge is 2.51. The number of fused-ring (bicyclic) bond motifs is 2. The van der Waals surface area contributed by atoms with Gasteiger partial charge < -0.3 is 15.0 Å². The molecule has 0 spiro atoms. The number of nitrogens with one attached hydrogen (secondary N) is 1. The van der Waals surface area contributed by atoms with Gasteiger partial charge in [-0.25, -0.2) is 9.18 Å². The molecule has 2 saturated carbocycles. The lowest BCUT2D eigenvalue weighted by molar-refractivity contribution is -0.127. The van der Waals surface area contributed by atoms with Gasteiger partial charge in [0.1, 0.15) is 5.82 Å². The summed E-state index contributed by atoms with van der Waals surface area (Å²) in [6, 6.07) is 10.8. The highest BCUT2D eigenvalue weighted by molar-refractivity contribution is 5.79. The Bertz CT molecular complexity index is 1130. The van der Waals surface area contributed by atoms with E-state index in [4.69, 9.17) is 4.74 Å². The molecule has 0 radical (unpaired) electrons. The maximum absolute atomic E-state index is 13.6. The molecule has 2 heterocycles. The fourth-order valence-corrected chi connectivity index (χ4v) is 6.68. The molecule has 1 aromatic heterocycles. The highest BCUT2D eigenvalue weighted by Crippen LogP contribution is 2.51. The third-order valence-electron chi connectivity index (χ3n) is 8.40. The quantitative estimate of drug-likeness (QED) is 0.616. The van der Waals surface area contributed by atoms with Gasteiger partial charge in [0.05, 0.1) is 12.3 Å². The number of amides is 2. The lowest BCUT2D eigenvalue weighted by atomic mass is 9.59. The van der Waals surface area contributed by atoms with Crippen LogP contribution in [0.4, 0.5) is 9.18 Å². The molecule has 3 aliphatic rings. The van der Waals surface area contributed by atoms with Gasteiger partial charge in [0.15, 0.2) is 0 Å². The minimum atomic E-state index is -0.341. The van der Waals surface area contributed by atoms with Crippen molar-refractivity contribution in [1.29, 1.82) is 0 Å². The summed E-state index contributed by atoms with van der Waals surface area (Å²) in [5.74, 6) is 1.48. The van der Waals surface area contributed by atoms with Crippen LogP contribution in [0.25, 0.3) is 17.2 Å². The van der Waals surface area contributed by atoms with Gasteiger partial charge in [0, 0.05) is 37.3 Å². The third kappa shape index (κ3) is 5.01. The summed E-state index contributed by atoms with van der Waals surface area (Å²) in [4.78, 5) is 31.2. The fourth-order valence-electron chi connectivity index (χ4n) is 6.68. The molecule has 1 saturated heterocycles. The van der Waals surface area contributed by atoms with Gasteiger partial charge >= 0.3 is 6.09 Å². The molecule has 1 N–H and O–H groups in total. The van der Waals surface area contributed by atoms with E-state index in [0.717, 1.165) is 42.5 Å². The predicted octanol–water partition coefficient (Wildman–Crippen LogP) is 5.30. The maximum Gasteiger partial charge on any atom is 0.407 e. The molecule has 2 aromatic rings. The molecule has 0 unspecified atom stereocenters. The van der Waals surface area contributed by atoms with Crippen LogP contribution in [0.2, 0.25) is 0 Å². The number of pyridine rings is 1. The van der Waals surface area contributed by atoms with Crippen molar-refractivity contribution in [2.24, 2.45) is 23.7 Å². The predicted molar refractivity (Wildman–Crippen MR) is 136 cm³/mol. The molecular formula is C29H34FN3O3. The van der Waals surface area contributed by atoms with E-state index in [1.807, 2.05) is 37.1 Å². The molecule has 0 bridgehead atoms. The summed E-state index contributed by atoms with van der Waals surface area (Å²) in [6.07, 6.45) is 10.2. The Morgan fingerprint density at radius 3 is 2.81 bits per heavy atom. The summed E-state index contributed by atoms with van der Waals surface area (Å²) < 4.78 is 18.7. The second-order valence-corrected chi connectivity index (χ2v) is 10.4. The van der Waals surface area contributed by atoms with Gasteiger partial charge in [0.25, 0.3) is 0 Å². The Hall–Kier alpha value is -3.22. The number of ether oxygens (including phenoxy) is 1. The van der Waals surface area contributed by atoms with Crippen molar-refractivity contribution in [1.82, 2.24) is 15.2 Å². The number of aromatic nitrogens is 1. The fraction of sp³-hybridized carbons (Fsp3) is 0.483. The smallest absolute Gasteiger partial charge is 0.407 e. The normalized spacial score (nSPS) is 29.6. The molecule has 36 heavy (non-hydrogen) atoms. The summed E-state index contributed by atoms with van der Waals surface area (Å²) in [5, 5.41) is 3.03. The molecule has 7 heteroatoms. The van der Waals surface area contributed by atoms with Crippen LogP contribution in [0, 0.1) is 29.5 Å². The van der Waals surface area contributed by atoms with Gasteiger partial charge in [-0.2, -0.15) is 0 Å². The zero-order valence-electron chi connectivity index (χ0n) is 20.9. The lowest BCUT2D eigenvalue weighted by Gasteiger charge is -2.49. The zero-order valence-corrected chi connectivity index (χ0v) is 20.9. The molecule has 5 rings (SSSR count). The van der Waals surface area contributed by atoms with Crippen LogP contribution < -0.4 is 5.32 Å². The lowest BCUT2D eigenvalue weighted by Crippen LogP contribution is -2.50. The van der Waals surface area contributed by atoms with Crippen molar-refractivity contribution in [3.8, 4) is 11.1 Å². The molecule has 190 valence electrons. The summed E-state index contributed by atoms with van der Waals surface area (Å²) in [7, 11) is 1.93. The number of hydrogen-bond acceptors (Lipinski definition) is 4. The number of halogens is 1. The number of nitrogens with zero attached hydrogens (tertiary/aromatic N) is 2. The minimum Gasteiger partial charge on any atom is -0.450 e. The van der Waals surface area contributed by atoms with Crippen LogP contribution in [0.3, 0.4) is 0 Å². The first-order valence-electron chi connectivity index (χ1n) is 13.0. The first-order chi connectivity index (χ1) is 17.4. The van der Waals surface area contributed by atoms with Crippen molar-refractivity contribution in [3.05, 3.63) is 60.2 Å². The van der Waals surface area contributed by atoms with Gasteiger partial charge in [-0.3, -0.25) is 9.78 Å². The van der Waals surface area contributed by atoms with Crippen LogP contribution in [0.15, 0.2) is 48.7 Å². The number of carbonyl (C=O) groups excluding carboxylic acids is 2. The van der Waals surface area contributed by atoms with Crippen molar-refractivity contribution in [2.45, 2.75) is 51.1 Å². The molecule has 2 amide bonds. The molecule has 2 aliphatic carbocycles. The first kappa shape index (κ1) is 24.5. The van der Waals surface area contributed by atoms with Crippen molar-refractivity contribution in [3.63, 3.8) is 0 Å². The van der Waals surface area contributed by atoms with Crippen LogP contribution in [0.5, 0.6) is 0 Å². The molecule has 1 aromatic carbocycles. The zero-order chi connectivity index (χ0) is 25.2. The monoisotopic (exact) mass is 491 g/mol. The van der Waals surface area contributed by atoms with Crippen molar-refractivity contribution in [2.75, 3.05) is 13.7 Å². The number of alkyl carbamates (subject to hydrolysis) is 1. The maximum atomic E-state index is 13.6. The van der Waals surface area contributed by atoms with E-state index in [1.54, 1.807) is 12.3 Å². The average Bonchev–Trinajstić information content (AvgIpc) is 3.15. The van der Waals surface area contributed by atoms with E-state index in [-0.39, 0.29) is 35.8 Å². The van der Waals surface area contributed by atoms with E-state index < -0.39 is 0 Å². The molecule has 3 fully saturated rings.